The van der Waals surface area contributed by atoms with Crippen molar-refractivity contribution >= 4 is 17.5 Å². The van der Waals surface area contributed by atoms with Crippen molar-refractivity contribution in [2.75, 3.05) is 13.2 Å². The molecule has 2 rings (SSSR count). The summed E-state index contributed by atoms with van der Waals surface area (Å²) in [6.45, 7) is 5.42. The minimum atomic E-state index is -0.197. The van der Waals surface area contributed by atoms with E-state index >= 15 is 0 Å². The first kappa shape index (κ1) is 14.3. The van der Waals surface area contributed by atoms with Crippen LogP contribution in [0.5, 0.6) is 0 Å². The summed E-state index contributed by atoms with van der Waals surface area (Å²) in [7, 11) is 0. The second-order valence-corrected chi connectivity index (χ2v) is 5.54. The molecule has 2 heterocycles. The Labute approximate surface area is 118 Å². The first-order chi connectivity index (χ1) is 9.02. The Morgan fingerprint density at radius 2 is 2.16 bits per heavy atom. The van der Waals surface area contributed by atoms with Crippen LogP contribution in [0.4, 0.5) is 0 Å². The number of rotatable bonds is 3. The van der Waals surface area contributed by atoms with Crippen LogP contribution in [0.3, 0.4) is 0 Å². The third-order valence-corrected chi connectivity index (χ3v) is 3.68. The molecule has 104 valence electrons. The normalized spacial score (nSPS) is 18.1. The Hall–Kier alpha value is -1.13. The lowest BCUT2D eigenvalue weighted by Crippen LogP contribution is -2.49. The monoisotopic (exact) mass is 282 g/mol. The summed E-state index contributed by atoms with van der Waals surface area (Å²) in [5.74, 6) is -0.0941. The third kappa shape index (κ3) is 3.67. The number of aryl methyl sites for hydroxylation is 1. The van der Waals surface area contributed by atoms with Gasteiger partial charge in [0, 0.05) is 30.0 Å². The maximum absolute atomic E-state index is 12.3. The molecule has 0 aliphatic carbocycles. The number of carbonyl (C=O) groups is 1. The van der Waals surface area contributed by atoms with E-state index in [4.69, 9.17) is 16.3 Å². The van der Waals surface area contributed by atoms with Crippen molar-refractivity contribution in [3.63, 3.8) is 0 Å². The van der Waals surface area contributed by atoms with Crippen molar-refractivity contribution in [3.8, 4) is 0 Å². The highest BCUT2D eigenvalue weighted by Crippen LogP contribution is 2.21. The number of pyridine rings is 1. The second kappa shape index (κ2) is 5.88. The van der Waals surface area contributed by atoms with Gasteiger partial charge in [-0.3, -0.25) is 4.79 Å². The van der Waals surface area contributed by atoms with E-state index in [-0.39, 0.29) is 11.4 Å². The Kier molecular flexibility index (Phi) is 4.42. The Morgan fingerprint density at radius 1 is 1.47 bits per heavy atom. The number of amides is 1. The van der Waals surface area contributed by atoms with E-state index in [0.717, 1.165) is 25.0 Å². The lowest BCUT2D eigenvalue weighted by Gasteiger charge is -2.34. The van der Waals surface area contributed by atoms with Crippen LogP contribution in [0.2, 0.25) is 5.15 Å². The molecule has 0 saturated carbocycles. The number of halogens is 1. The molecule has 5 heteroatoms. The first-order valence-corrected chi connectivity index (χ1v) is 6.97. The number of hydrogen-bond donors (Lipinski definition) is 1. The van der Waals surface area contributed by atoms with Crippen LogP contribution in [0.25, 0.3) is 0 Å². The molecule has 0 bridgehead atoms. The van der Waals surface area contributed by atoms with Crippen molar-refractivity contribution < 1.29 is 9.53 Å². The fourth-order valence-corrected chi connectivity index (χ4v) is 2.38. The van der Waals surface area contributed by atoms with Gasteiger partial charge in [0.1, 0.15) is 5.15 Å². The van der Waals surface area contributed by atoms with Crippen molar-refractivity contribution in [3.05, 3.63) is 28.5 Å². The smallest absolute Gasteiger partial charge is 0.251 e. The van der Waals surface area contributed by atoms with Gasteiger partial charge >= 0.3 is 0 Å². The van der Waals surface area contributed by atoms with Crippen LogP contribution in [-0.4, -0.2) is 29.6 Å². The second-order valence-electron chi connectivity index (χ2n) is 5.15. The number of hydrogen-bond acceptors (Lipinski definition) is 3. The van der Waals surface area contributed by atoms with Crippen molar-refractivity contribution in [2.45, 2.75) is 38.6 Å². The van der Waals surface area contributed by atoms with E-state index < -0.39 is 0 Å². The van der Waals surface area contributed by atoms with E-state index in [0.29, 0.717) is 23.9 Å². The van der Waals surface area contributed by atoms with Crippen LogP contribution >= 0.6 is 11.6 Å². The van der Waals surface area contributed by atoms with Gasteiger partial charge in [0.15, 0.2) is 0 Å². The van der Waals surface area contributed by atoms with Gasteiger partial charge < -0.3 is 10.1 Å². The lowest BCUT2D eigenvalue weighted by atomic mass is 9.92. The van der Waals surface area contributed by atoms with E-state index in [1.807, 2.05) is 6.92 Å². The van der Waals surface area contributed by atoms with Crippen LogP contribution in [0, 0.1) is 0 Å². The van der Waals surface area contributed by atoms with Gasteiger partial charge in [-0.15, -0.1) is 0 Å². The SMILES string of the molecule is CCc1cc(C(=O)NC2(C)CCOCC2)cc(Cl)n1. The van der Waals surface area contributed by atoms with Crippen molar-refractivity contribution in [1.82, 2.24) is 10.3 Å². The molecular weight excluding hydrogens is 264 g/mol. The largest absolute Gasteiger partial charge is 0.381 e. The molecule has 1 aliphatic rings. The standard InChI is InChI=1S/C14H19ClN2O2/c1-3-11-8-10(9-12(15)16-11)13(18)17-14(2)4-6-19-7-5-14/h8-9H,3-7H2,1-2H3,(H,17,18). The molecule has 1 aliphatic heterocycles. The van der Waals surface area contributed by atoms with Gasteiger partial charge in [-0.25, -0.2) is 4.98 Å². The maximum atomic E-state index is 12.3. The summed E-state index contributed by atoms with van der Waals surface area (Å²) in [6.07, 6.45) is 2.42. The Bertz CT molecular complexity index is 471. The van der Waals surface area contributed by atoms with Gasteiger partial charge in [-0.1, -0.05) is 18.5 Å². The number of aromatic nitrogens is 1. The van der Waals surface area contributed by atoms with Gasteiger partial charge in [0.2, 0.25) is 0 Å². The molecule has 1 amide bonds. The van der Waals surface area contributed by atoms with Gasteiger partial charge in [0.25, 0.3) is 5.91 Å². The van der Waals surface area contributed by atoms with Gasteiger partial charge in [-0.05, 0) is 38.3 Å². The molecule has 0 aromatic carbocycles. The van der Waals surface area contributed by atoms with Crippen LogP contribution in [0.15, 0.2) is 12.1 Å². The highest BCUT2D eigenvalue weighted by molar-refractivity contribution is 6.29. The molecule has 1 aromatic rings. The fraction of sp³-hybridized carbons (Fsp3) is 0.571. The Morgan fingerprint density at radius 3 is 2.79 bits per heavy atom. The minimum absolute atomic E-state index is 0.0941. The molecule has 0 unspecified atom stereocenters. The highest BCUT2D eigenvalue weighted by atomic mass is 35.5. The lowest BCUT2D eigenvalue weighted by molar-refractivity contribution is 0.0423. The number of nitrogens with one attached hydrogen (secondary N) is 1. The topological polar surface area (TPSA) is 51.2 Å². The number of ether oxygens (including phenoxy) is 1. The summed E-state index contributed by atoms with van der Waals surface area (Å²) in [5, 5.41) is 3.45. The van der Waals surface area contributed by atoms with Crippen LogP contribution in [-0.2, 0) is 11.2 Å². The van der Waals surface area contributed by atoms with Gasteiger partial charge in [-0.2, -0.15) is 0 Å². The summed E-state index contributed by atoms with van der Waals surface area (Å²) < 4.78 is 5.33. The van der Waals surface area contributed by atoms with E-state index in [9.17, 15) is 4.79 Å². The predicted molar refractivity (Wildman–Crippen MR) is 74.5 cm³/mol. The molecule has 0 radical (unpaired) electrons. The van der Waals surface area contributed by atoms with Crippen molar-refractivity contribution in [2.24, 2.45) is 0 Å². The zero-order valence-corrected chi connectivity index (χ0v) is 12.1. The zero-order valence-electron chi connectivity index (χ0n) is 11.3. The molecule has 1 aromatic heterocycles. The fourth-order valence-electron chi connectivity index (χ4n) is 2.16. The molecule has 19 heavy (non-hydrogen) atoms. The highest BCUT2D eigenvalue weighted by Gasteiger charge is 2.29. The van der Waals surface area contributed by atoms with E-state index in [1.165, 1.54) is 0 Å². The maximum Gasteiger partial charge on any atom is 0.251 e. The molecule has 4 nitrogen and oxygen atoms in total. The summed E-state index contributed by atoms with van der Waals surface area (Å²) in [6, 6.07) is 3.41. The van der Waals surface area contributed by atoms with Gasteiger partial charge in [0.05, 0.1) is 0 Å². The Balaban J connectivity index is 2.13. The quantitative estimate of drug-likeness (QED) is 0.867. The number of nitrogens with zero attached hydrogens (tertiary/aromatic N) is 1. The molecule has 1 N–H and O–H groups in total. The zero-order chi connectivity index (χ0) is 13.9. The van der Waals surface area contributed by atoms with E-state index in [2.05, 4.69) is 17.2 Å². The molecule has 0 spiro atoms. The first-order valence-electron chi connectivity index (χ1n) is 6.59. The average Bonchev–Trinajstić information content (AvgIpc) is 2.38. The molecular formula is C14H19ClN2O2. The van der Waals surface area contributed by atoms with Crippen LogP contribution < -0.4 is 5.32 Å². The number of carbonyl (C=O) groups excluding carboxylic acids is 1. The molecule has 0 atom stereocenters. The van der Waals surface area contributed by atoms with Crippen LogP contribution in [0.1, 0.15) is 42.7 Å². The summed E-state index contributed by atoms with van der Waals surface area (Å²) >= 11 is 5.94. The van der Waals surface area contributed by atoms with E-state index in [1.54, 1.807) is 12.1 Å². The average molecular weight is 283 g/mol. The third-order valence-electron chi connectivity index (χ3n) is 3.48. The molecule has 1 fully saturated rings. The summed E-state index contributed by atoms with van der Waals surface area (Å²) in [4.78, 5) is 16.5. The molecule has 1 saturated heterocycles. The predicted octanol–water partition coefficient (Wildman–Crippen LogP) is 2.60. The minimum Gasteiger partial charge on any atom is -0.381 e. The van der Waals surface area contributed by atoms with Crippen molar-refractivity contribution in [1.29, 1.82) is 0 Å². The summed E-state index contributed by atoms with van der Waals surface area (Å²) in [5.41, 5.74) is 1.21.